The Morgan fingerprint density at radius 3 is 2.81 bits per heavy atom. The first-order valence-corrected chi connectivity index (χ1v) is 7.45. The average Bonchev–Trinajstić information content (AvgIpc) is 2.89. The first kappa shape index (κ1) is 12.6. The molecule has 1 aromatic carbocycles. The zero-order valence-electron chi connectivity index (χ0n) is 11.7. The molecule has 3 atom stereocenters. The molecule has 0 amide bonds. The van der Waals surface area contributed by atoms with Gasteiger partial charge in [0, 0.05) is 24.8 Å². The van der Waals surface area contributed by atoms with E-state index in [-0.39, 0.29) is 11.1 Å². The summed E-state index contributed by atoms with van der Waals surface area (Å²) in [6, 6.07) is 5.78. The molecule has 0 radical (unpaired) electrons. The van der Waals surface area contributed by atoms with Gasteiger partial charge in [0.25, 0.3) is 11.1 Å². The molecule has 0 aliphatic carbocycles. The van der Waals surface area contributed by atoms with E-state index in [4.69, 9.17) is 0 Å². The fourth-order valence-corrected chi connectivity index (χ4v) is 3.69. The highest BCUT2D eigenvalue weighted by molar-refractivity contribution is 5.92. The van der Waals surface area contributed by atoms with E-state index in [2.05, 4.69) is 20.4 Å². The van der Waals surface area contributed by atoms with Crippen LogP contribution in [0.2, 0.25) is 0 Å². The lowest BCUT2D eigenvalue weighted by Crippen LogP contribution is -2.39. The fraction of sp³-hybridized carbons (Fsp3) is 0.467. The van der Waals surface area contributed by atoms with Crippen LogP contribution < -0.4 is 16.4 Å². The largest absolute Gasteiger partial charge is 0.381 e. The Hall–Kier alpha value is -2.08. The van der Waals surface area contributed by atoms with Crippen molar-refractivity contribution < 1.29 is 0 Å². The zero-order valence-corrected chi connectivity index (χ0v) is 11.7. The lowest BCUT2D eigenvalue weighted by Gasteiger charge is -2.31. The SMILES string of the molecule is O=c1[nH][nH]c(=O)c2c(NC3CCN4CCC3C4)cccc12. The van der Waals surface area contributed by atoms with Crippen LogP contribution in [-0.2, 0) is 0 Å². The Labute approximate surface area is 121 Å². The number of nitrogens with zero attached hydrogens (tertiary/aromatic N) is 1. The van der Waals surface area contributed by atoms with Crippen molar-refractivity contribution in [3.8, 4) is 0 Å². The summed E-state index contributed by atoms with van der Waals surface area (Å²) < 4.78 is 0. The third-order valence-corrected chi connectivity index (χ3v) is 4.80. The summed E-state index contributed by atoms with van der Waals surface area (Å²) >= 11 is 0. The molecule has 6 nitrogen and oxygen atoms in total. The monoisotopic (exact) mass is 286 g/mol. The molecule has 2 bridgehead atoms. The van der Waals surface area contributed by atoms with Crippen LogP contribution in [0.25, 0.3) is 10.8 Å². The topological polar surface area (TPSA) is 81.0 Å². The van der Waals surface area contributed by atoms with E-state index >= 15 is 0 Å². The van der Waals surface area contributed by atoms with E-state index in [0.29, 0.717) is 22.7 Å². The summed E-state index contributed by atoms with van der Waals surface area (Å²) in [5.74, 6) is 0.634. The van der Waals surface area contributed by atoms with E-state index in [1.807, 2.05) is 12.1 Å². The molecular formula is C15H18N4O2. The van der Waals surface area contributed by atoms with Crippen LogP contribution in [-0.4, -0.2) is 40.8 Å². The second-order valence-electron chi connectivity index (χ2n) is 6.03. The minimum Gasteiger partial charge on any atom is -0.381 e. The molecule has 110 valence electrons. The van der Waals surface area contributed by atoms with Gasteiger partial charge >= 0.3 is 0 Å². The molecule has 0 saturated carbocycles. The van der Waals surface area contributed by atoms with Crippen LogP contribution in [0.15, 0.2) is 27.8 Å². The lowest BCUT2D eigenvalue weighted by atomic mass is 9.93. The number of benzene rings is 1. The quantitative estimate of drug-likeness (QED) is 0.760. The number of aromatic amines is 2. The second-order valence-corrected chi connectivity index (χ2v) is 6.03. The lowest BCUT2D eigenvalue weighted by molar-refractivity contribution is 0.255. The molecule has 2 fully saturated rings. The van der Waals surface area contributed by atoms with Gasteiger partial charge in [0.2, 0.25) is 0 Å². The van der Waals surface area contributed by atoms with Gasteiger partial charge in [-0.25, -0.2) is 0 Å². The maximum Gasteiger partial charge on any atom is 0.272 e. The van der Waals surface area contributed by atoms with E-state index in [1.54, 1.807) is 6.07 Å². The Morgan fingerprint density at radius 2 is 1.90 bits per heavy atom. The fourth-order valence-electron chi connectivity index (χ4n) is 3.69. The molecule has 2 aromatic rings. The Bertz CT molecular complexity index is 794. The number of rotatable bonds is 2. The molecule has 0 spiro atoms. The van der Waals surface area contributed by atoms with Crippen molar-refractivity contribution in [2.75, 3.05) is 25.0 Å². The Morgan fingerprint density at radius 1 is 1.10 bits per heavy atom. The molecule has 6 heteroatoms. The van der Waals surface area contributed by atoms with Gasteiger partial charge < -0.3 is 10.2 Å². The number of hydrogen-bond donors (Lipinski definition) is 3. The molecular weight excluding hydrogens is 268 g/mol. The number of aromatic nitrogens is 2. The van der Waals surface area contributed by atoms with E-state index in [0.717, 1.165) is 25.2 Å². The molecule has 2 aliphatic heterocycles. The summed E-state index contributed by atoms with van der Waals surface area (Å²) in [5, 5.41) is 9.20. The molecule has 21 heavy (non-hydrogen) atoms. The van der Waals surface area contributed by atoms with Crippen molar-refractivity contribution in [2.45, 2.75) is 18.9 Å². The van der Waals surface area contributed by atoms with Gasteiger partial charge in [-0.1, -0.05) is 6.07 Å². The first-order valence-electron chi connectivity index (χ1n) is 7.45. The van der Waals surface area contributed by atoms with Gasteiger partial charge in [0.1, 0.15) is 0 Å². The highest BCUT2D eigenvalue weighted by Crippen LogP contribution is 2.30. The summed E-state index contributed by atoms with van der Waals surface area (Å²) in [6.07, 6.45) is 2.29. The molecule has 2 aliphatic rings. The summed E-state index contributed by atoms with van der Waals surface area (Å²) in [7, 11) is 0. The van der Waals surface area contributed by atoms with Gasteiger partial charge in [0.05, 0.1) is 10.8 Å². The smallest absolute Gasteiger partial charge is 0.272 e. The number of fused-ring (bicyclic) bond motifs is 3. The van der Waals surface area contributed by atoms with E-state index in [9.17, 15) is 9.59 Å². The van der Waals surface area contributed by atoms with Crippen molar-refractivity contribution >= 4 is 16.5 Å². The third-order valence-electron chi connectivity index (χ3n) is 4.80. The van der Waals surface area contributed by atoms with Crippen molar-refractivity contribution in [1.82, 2.24) is 15.1 Å². The van der Waals surface area contributed by atoms with Crippen molar-refractivity contribution in [2.24, 2.45) is 5.92 Å². The maximum absolute atomic E-state index is 12.1. The van der Waals surface area contributed by atoms with Crippen LogP contribution in [0.3, 0.4) is 0 Å². The predicted molar refractivity (Wildman–Crippen MR) is 81.8 cm³/mol. The predicted octanol–water partition coefficient (Wildman–Crippen LogP) is 0.722. The first-order chi connectivity index (χ1) is 10.2. The number of piperidine rings is 1. The van der Waals surface area contributed by atoms with Gasteiger partial charge in [-0.05, 0) is 37.4 Å². The number of nitrogens with one attached hydrogen (secondary N) is 3. The molecule has 4 rings (SSSR count). The highest BCUT2D eigenvalue weighted by Gasteiger charge is 2.34. The Kier molecular flexibility index (Phi) is 2.85. The van der Waals surface area contributed by atoms with Crippen LogP contribution in [0.5, 0.6) is 0 Å². The van der Waals surface area contributed by atoms with Crippen molar-refractivity contribution in [3.63, 3.8) is 0 Å². The van der Waals surface area contributed by atoms with Gasteiger partial charge in [0.15, 0.2) is 0 Å². The van der Waals surface area contributed by atoms with Gasteiger partial charge in [-0.3, -0.25) is 19.8 Å². The second kappa shape index (κ2) is 4.73. The number of H-pyrrole nitrogens is 2. The van der Waals surface area contributed by atoms with Crippen LogP contribution in [0, 0.1) is 5.92 Å². The Balaban J connectivity index is 1.75. The van der Waals surface area contributed by atoms with Gasteiger partial charge in [-0.2, -0.15) is 0 Å². The summed E-state index contributed by atoms with van der Waals surface area (Å²) in [5.41, 5.74) is 0.255. The molecule has 3 heterocycles. The van der Waals surface area contributed by atoms with Crippen LogP contribution in [0.4, 0.5) is 5.69 Å². The normalized spacial score (nSPS) is 27.9. The summed E-state index contributed by atoms with van der Waals surface area (Å²) in [4.78, 5) is 26.4. The maximum atomic E-state index is 12.1. The van der Waals surface area contributed by atoms with Crippen molar-refractivity contribution in [1.29, 1.82) is 0 Å². The third kappa shape index (κ3) is 2.06. The van der Waals surface area contributed by atoms with Crippen LogP contribution >= 0.6 is 0 Å². The molecule has 3 unspecified atom stereocenters. The van der Waals surface area contributed by atoms with Gasteiger partial charge in [-0.15, -0.1) is 0 Å². The standard InChI is InChI=1S/C15H18N4O2/c20-14-10-2-1-3-12(13(10)15(21)18-17-14)16-11-5-7-19-6-4-9(11)8-19/h1-3,9,11,16H,4-8H2,(H,17,20)(H,18,21). The number of hydrogen-bond acceptors (Lipinski definition) is 4. The molecule has 2 saturated heterocycles. The zero-order chi connectivity index (χ0) is 14.4. The van der Waals surface area contributed by atoms with E-state index < -0.39 is 0 Å². The average molecular weight is 286 g/mol. The molecule has 1 aromatic heterocycles. The van der Waals surface area contributed by atoms with E-state index in [1.165, 1.54) is 13.0 Å². The molecule has 3 N–H and O–H groups in total. The number of anilines is 1. The van der Waals surface area contributed by atoms with Crippen molar-refractivity contribution in [3.05, 3.63) is 38.9 Å². The minimum atomic E-state index is -0.260. The summed E-state index contributed by atoms with van der Waals surface area (Å²) in [6.45, 7) is 3.42. The minimum absolute atomic E-state index is 0.253. The van der Waals surface area contributed by atoms with Crippen LogP contribution in [0.1, 0.15) is 12.8 Å². The highest BCUT2D eigenvalue weighted by atomic mass is 16.1.